The molecule has 0 saturated heterocycles. The Morgan fingerprint density at radius 3 is 2.52 bits per heavy atom. The van der Waals surface area contributed by atoms with Crippen LogP contribution in [-0.2, 0) is 11.2 Å². The molecule has 21 heavy (non-hydrogen) atoms. The molecule has 2 aromatic carbocycles. The first kappa shape index (κ1) is 14.8. The van der Waals surface area contributed by atoms with Gasteiger partial charge >= 0.3 is 0 Å². The minimum atomic E-state index is -0.0939. The van der Waals surface area contributed by atoms with Crippen LogP contribution < -0.4 is 10.2 Å². The van der Waals surface area contributed by atoms with Gasteiger partial charge in [0, 0.05) is 6.42 Å². The molecule has 0 radical (unpaired) electrons. The van der Waals surface area contributed by atoms with E-state index in [0.29, 0.717) is 12.8 Å². The minimum Gasteiger partial charge on any atom is -0.497 e. The highest BCUT2D eigenvalue weighted by Gasteiger charge is 2.00. The number of methoxy groups -OCH3 is 1. The number of carbonyl (C=O) groups excluding carboxylic acids is 1. The first-order valence-corrected chi connectivity index (χ1v) is 6.78. The van der Waals surface area contributed by atoms with Gasteiger partial charge in [-0.15, -0.1) is 0 Å². The second-order valence-electron chi connectivity index (χ2n) is 4.55. The molecule has 0 atom stereocenters. The van der Waals surface area contributed by atoms with Gasteiger partial charge in [-0.05, 0) is 41.8 Å². The Labute approximate surface area is 124 Å². The van der Waals surface area contributed by atoms with E-state index in [1.165, 1.54) is 0 Å². The van der Waals surface area contributed by atoms with Crippen LogP contribution in [0.1, 0.15) is 17.5 Å². The average Bonchev–Trinajstić information content (AvgIpc) is 2.54. The number of aryl methyl sites for hydroxylation is 1. The number of amides is 1. The van der Waals surface area contributed by atoms with Crippen LogP contribution in [0.4, 0.5) is 0 Å². The van der Waals surface area contributed by atoms with E-state index in [0.717, 1.165) is 16.9 Å². The molecule has 0 aromatic heterocycles. The number of hydrazone groups is 1. The Balaban J connectivity index is 1.76. The second-order valence-corrected chi connectivity index (χ2v) is 4.55. The molecule has 1 N–H and O–H groups in total. The molecular formula is C17H18N2O2. The third-order valence-electron chi connectivity index (χ3n) is 3.00. The number of hydrogen-bond acceptors (Lipinski definition) is 3. The monoisotopic (exact) mass is 282 g/mol. The molecule has 1 amide bonds. The van der Waals surface area contributed by atoms with Crippen LogP contribution in [0.25, 0.3) is 0 Å². The summed E-state index contributed by atoms with van der Waals surface area (Å²) in [6.45, 7) is 0. The Morgan fingerprint density at radius 2 is 1.86 bits per heavy atom. The lowest BCUT2D eigenvalue weighted by molar-refractivity contribution is -0.121. The lowest BCUT2D eigenvalue weighted by Crippen LogP contribution is -2.17. The summed E-state index contributed by atoms with van der Waals surface area (Å²) in [5.74, 6) is 0.697. The maximum absolute atomic E-state index is 11.7. The summed E-state index contributed by atoms with van der Waals surface area (Å²) in [6.07, 6.45) is 2.74. The molecule has 0 fully saturated rings. The van der Waals surface area contributed by atoms with Gasteiger partial charge in [0.2, 0.25) is 5.91 Å². The Morgan fingerprint density at radius 1 is 1.14 bits per heavy atom. The molecule has 0 aliphatic rings. The fraction of sp³-hybridized carbons (Fsp3) is 0.176. The van der Waals surface area contributed by atoms with E-state index in [9.17, 15) is 4.79 Å². The van der Waals surface area contributed by atoms with E-state index in [-0.39, 0.29) is 5.91 Å². The van der Waals surface area contributed by atoms with Crippen LogP contribution >= 0.6 is 0 Å². The van der Waals surface area contributed by atoms with Crippen molar-refractivity contribution < 1.29 is 9.53 Å². The van der Waals surface area contributed by atoms with Crippen LogP contribution in [-0.4, -0.2) is 19.2 Å². The lowest BCUT2D eigenvalue weighted by atomic mass is 10.1. The lowest BCUT2D eigenvalue weighted by Gasteiger charge is -2.01. The van der Waals surface area contributed by atoms with Crippen molar-refractivity contribution in [3.05, 3.63) is 65.7 Å². The summed E-state index contributed by atoms with van der Waals surface area (Å²) in [5, 5.41) is 3.94. The van der Waals surface area contributed by atoms with Gasteiger partial charge < -0.3 is 4.74 Å². The number of benzene rings is 2. The highest BCUT2D eigenvalue weighted by molar-refractivity contribution is 5.82. The zero-order valence-corrected chi connectivity index (χ0v) is 12.0. The van der Waals surface area contributed by atoms with Crippen molar-refractivity contribution in [1.82, 2.24) is 5.43 Å². The molecule has 0 unspecified atom stereocenters. The number of nitrogens with one attached hydrogen (secondary N) is 1. The van der Waals surface area contributed by atoms with Crippen LogP contribution in [0, 0.1) is 0 Å². The van der Waals surface area contributed by atoms with Crippen molar-refractivity contribution in [2.45, 2.75) is 12.8 Å². The van der Waals surface area contributed by atoms with Gasteiger partial charge in [-0.25, -0.2) is 5.43 Å². The van der Waals surface area contributed by atoms with Crippen LogP contribution in [0.15, 0.2) is 59.7 Å². The Hall–Kier alpha value is -2.62. The van der Waals surface area contributed by atoms with Crippen molar-refractivity contribution in [2.24, 2.45) is 5.10 Å². The normalized spacial score (nSPS) is 10.5. The number of ether oxygens (including phenoxy) is 1. The molecule has 0 heterocycles. The number of carbonyl (C=O) groups is 1. The van der Waals surface area contributed by atoms with Crippen LogP contribution in [0.5, 0.6) is 5.75 Å². The summed E-state index contributed by atoms with van der Waals surface area (Å²) in [5.41, 5.74) is 4.58. The number of nitrogens with zero attached hydrogens (tertiary/aromatic N) is 1. The maximum atomic E-state index is 11.7. The van der Waals surface area contributed by atoms with Gasteiger partial charge in [0.25, 0.3) is 0 Å². The van der Waals surface area contributed by atoms with E-state index in [2.05, 4.69) is 10.5 Å². The number of hydrogen-bond donors (Lipinski definition) is 1. The van der Waals surface area contributed by atoms with Gasteiger partial charge in [0.05, 0.1) is 13.3 Å². The van der Waals surface area contributed by atoms with Crippen molar-refractivity contribution in [1.29, 1.82) is 0 Å². The van der Waals surface area contributed by atoms with Crippen molar-refractivity contribution in [3.8, 4) is 5.75 Å². The fourth-order valence-corrected chi connectivity index (χ4v) is 1.83. The van der Waals surface area contributed by atoms with Gasteiger partial charge in [0.15, 0.2) is 0 Å². The Kier molecular flexibility index (Phi) is 5.52. The standard InChI is InChI=1S/C17H18N2O2/c1-21-16-10-7-15(8-11-16)13-18-19-17(20)12-9-14-5-3-2-4-6-14/h2-8,10-11,13H,9,12H2,1H3,(H,19,20). The van der Waals surface area contributed by atoms with E-state index >= 15 is 0 Å². The van der Waals surface area contributed by atoms with E-state index in [1.54, 1.807) is 13.3 Å². The quantitative estimate of drug-likeness (QED) is 0.654. The number of rotatable bonds is 6. The van der Waals surface area contributed by atoms with E-state index in [4.69, 9.17) is 4.74 Å². The molecule has 0 spiro atoms. The summed E-state index contributed by atoms with van der Waals surface area (Å²) in [7, 11) is 1.62. The first-order chi connectivity index (χ1) is 10.3. The second kappa shape index (κ2) is 7.85. The van der Waals surface area contributed by atoms with Crippen molar-refractivity contribution in [3.63, 3.8) is 0 Å². The smallest absolute Gasteiger partial charge is 0.240 e. The molecule has 4 heteroatoms. The molecule has 108 valence electrons. The van der Waals surface area contributed by atoms with Gasteiger partial charge in [-0.1, -0.05) is 30.3 Å². The fourth-order valence-electron chi connectivity index (χ4n) is 1.83. The molecular weight excluding hydrogens is 264 g/mol. The van der Waals surface area contributed by atoms with Gasteiger partial charge in [-0.2, -0.15) is 5.10 Å². The molecule has 0 aliphatic carbocycles. The zero-order chi connectivity index (χ0) is 14.9. The maximum Gasteiger partial charge on any atom is 0.240 e. The summed E-state index contributed by atoms with van der Waals surface area (Å²) in [6, 6.07) is 17.3. The predicted octanol–water partition coefficient (Wildman–Crippen LogP) is 2.78. The molecule has 2 rings (SSSR count). The molecule has 4 nitrogen and oxygen atoms in total. The Bertz CT molecular complexity index is 592. The largest absolute Gasteiger partial charge is 0.497 e. The van der Waals surface area contributed by atoms with Crippen LogP contribution in [0.3, 0.4) is 0 Å². The molecule has 2 aromatic rings. The first-order valence-electron chi connectivity index (χ1n) is 6.78. The van der Waals surface area contributed by atoms with Gasteiger partial charge in [0.1, 0.15) is 5.75 Å². The topological polar surface area (TPSA) is 50.7 Å². The summed E-state index contributed by atoms with van der Waals surface area (Å²) in [4.78, 5) is 11.7. The van der Waals surface area contributed by atoms with Crippen molar-refractivity contribution >= 4 is 12.1 Å². The van der Waals surface area contributed by atoms with Gasteiger partial charge in [-0.3, -0.25) is 4.79 Å². The highest BCUT2D eigenvalue weighted by atomic mass is 16.5. The van der Waals surface area contributed by atoms with E-state index in [1.807, 2.05) is 54.6 Å². The average molecular weight is 282 g/mol. The van der Waals surface area contributed by atoms with Crippen LogP contribution in [0.2, 0.25) is 0 Å². The third kappa shape index (κ3) is 5.10. The van der Waals surface area contributed by atoms with E-state index < -0.39 is 0 Å². The molecule has 0 saturated carbocycles. The summed E-state index contributed by atoms with van der Waals surface area (Å²) >= 11 is 0. The molecule has 0 aliphatic heterocycles. The SMILES string of the molecule is COc1ccc(C=NNC(=O)CCc2ccccc2)cc1. The third-order valence-corrected chi connectivity index (χ3v) is 3.00. The van der Waals surface area contributed by atoms with Crippen molar-refractivity contribution in [2.75, 3.05) is 7.11 Å². The predicted molar refractivity (Wildman–Crippen MR) is 83.5 cm³/mol. The summed E-state index contributed by atoms with van der Waals surface area (Å²) < 4.78 is 5.07. The zero-order valence-electron chi connectivity index (χ0n) is 12.0. The molecule has 0 bridgehead atoms. The highest BCUT2D eigenvalue weighted by Crippen LogP contribution is 2.09. The minimum absolute atomic E-state index is 0.0939.